The van der Waals surface area contributed by atoms with Gasteiger partial charge in [-0.05, 0) is 31.2 Å². The number of hydrogen-bond acceptors (Lipinski definition) is 5. The average molecular weight is 425 g/mol. The molecule has 1 aromatic carbocycles. The Balaban J connectivity index is 1.21. The van der Waals surface area contributed by atoms with Crippen LogP contribution in [0.4, 0.5) is 0 Å². The van der Waals surface area contributed by atoms with Crippen molar-refractivity contribution in [3.8, 4) is 0 Å². The van der Waals surface area contributed by atoms with Crippen LogP contribution in [0, 0.1) is 0 Å². The fraction of sp³-hybridized carbons (Fsp3) is 0.522. The highest BCUT2D eigenvalue weighted by Crippen LogP contribution is 2.34. The summed E-state index contributed by atoms with van der Waals surface area (Å²) >= 11 is 1.63. The highest BCUT2D eigenvalue weighted by atomic mass is 32.2. The minimum atomic E-state index is -0.0629. The van der Waals surface area contributed by atoms with E-state index in [4.69, 9.17) is 4.98 Å². The monoisotopic (exact) mass is 424 g/mol. The summed E-state index contributed by atoms with van der Waals surface area (Å²) in [5.41, 5.74) is 3.29. The second-order valence-corrected chi connectivity index (χ2v) is 9.50. The third-order valence-electron chi connectivity index (χ3n) is 6.51. The molecule has 0 bridgehead atoms. The molecule has 158 valence electrons. The zero-order valence-electron chi connectivity index (χ0n) is 17.3. The molecule has 1 atom stereocenters. The zero-order valence-corrected chi connectivity index (χ0v) is 18.1. The highest BCUT2D eigenvalue weighted by Gasteiger charge is 2.32. The lowest BCUT2D eigenvalue weighted by Crippen LogP contribution is -2.48. The number of rotatable bonds is 4. The van der Waals surface area contributed by atoms with Crippen LogP contribution in [-0.2, 0) is 24.2 Å². The molecule has 0 radical (unpaired) electrons. The predicted molar refractivity (Wildman–Crippen MR) is 118 cm³/mol. The number of amides is 1. The molecule has 1 saturated heterocycles. The molecule has 6 nitrogen and oxygen atoms in total. The molecule has 0 spiro atoms. The highest BCUT2D eigenvalue weighted by molar-refractivity contribution is 7.99. The lowest BCUT2D eigenvalue weighted by Gasteiger charge is -2.35. The average Bonchev–Trinajstić information content (AvgIpc) is 3.18. The Morgan fingerprint density at radius 2 is 1.83 bits per heavy atom. The van der Waals surface area contributed by atoms with E-state index in [2.05, 4.69) is 29.2 Å². The van der Waals surface area contributed by atoms with Crippen molar-refractivity contribution in [2.24, 2.45) is 0 Å². The number of benzene rings is 1. The van der Waals surface area contributed by atoms with Gasteiger partial charge in [-0.1, -0.05) is 42.1 Å². The SMILES string of the molecule is O=C(C[C@@H]1CSc2nc3c(c(=O)n21)CCCC3)N1CCN(Cc2ccccc2)CC1. The molecule has 0 N–H and O–H groups in total. The number of aromatic nitrogens is 2. The van der Waals surface area contributed by atoms with Crippen molar-refractivity contribution in [2.45, 2.75) is 49.8 Å². The Morgan fingerprint density at radius 1 is 1.07 bits per heavy atom. The fourth-order valence-electron chi connectivity index (χ4n) is 4.79. The molecule has 3 heterocycles. The van der Waals surface area contributed by atoms with Crippen LogP contribution in [0.25, 0.3) is 0 Å². The lowest BCUT2D eigenvalue weighted by molar-refractivity contribution is -0.133. The van der Waals surface area contributed by atoms with Crippen molar-refractivity contribution in [1.82, 2.24) is 19.4 Å². The van der Waals surface area contributed by atoms with Gasteiger partial charge in [-0.25, -0.2) is 4.98 Å². The molecule has 1 aliphatic carbocycles. The maximum absolute atomic E-state index is 13.1. The molecule has 1 fully saturated rings. The van der Waals surface area contributed by atoms with Gasteiger partial charge >= 0.3 is 0 Å². The molecule has 1 amide bonds. The van der Waals surface area contributed by atoms with E-state index in [1.807, 2.05) is 15.5 Å². The van der Waals surface area contributed by atoms with Crippen LogP contribution >= 0.6 is 11.8 Å². The summed E-state index contributed by atoms with van der Waals surface area (Å²) in [6.45, 7) is 4.24. The minimum Gasteiger partial charge on any atom is -0.340 e. The summed E-state index contributed by atoms with van der Waals surface area (Å²) in [5.74, 6) is 0.933. The molecule has 0 unspecified atom stereocenters. The number of thioether (sulfide) groups is 1. The van der Waals surface area contributed by atoms with Crippen molar-refractivity contribution in [1.29, 1.82) is 0 Å². The van der Waals surface area contributed by atoms with Gasteiger partial charge in [-0.15, -0.1) is 0 Å². The van der Waals surface area contributed by atoms with E-state index in [1.165, 1.54) is 5.56 Å². The van der Waals surface area contributed by atoms with Crippen molar-refractivity contribution in [2.75, 3.05) is 31.9 Å². The summed E-state index contributed by atoms with van der Waals surface area (Å²) in [6, 6.07) is 10.4. The molecule has 0 saturated carbocycles. The van der Waals surface area contributed by atoms with Crippen LogP contribution in [-0.4, -0.2) is 57.2 Å². The fourth-order valence-corrected chi connectivity index (χ4v) is 5.95. The molecule has 1 aromatic heterocycles. The number of carbonyl (C=O) groups excluding carboxylic acids is 1. The van der Waals surface area contributed by atoms with Crippen molar-refractivity contribution in [3.63, 3.8) is 0 Å². The summed E-state index contributed by atoms with van der Waals surface area (Å²) < 4.78 is 1.82. The molecule has 7 heteroatoms. The Kier molecular flexibility index (Phi) is 5.65. The first-order valence-electron chi connectivity index (χ1n) is 11.0. The van der Waals surface area contributed by atoms with E-state index in [-0.39, 0.29) is 17.5 Å². The maximum Gasteiger partial charge on any atom is 0.257 e. The van der Waals surface area contributed by atoms with Gasteiger partial charge in [0.05, 0.1) is 11.7 Å². The van der Waals surface area contributed by atoms with Gasteiger partial charge in [0.15, 0.2) is 5.16 Å². The van der Waals surface area contributed by atoms with Gasteiger partial charge in [0, 0.05) is 50.5 Å². The number of fused-ring (bicyclic) bond motifs is 2. The Labute approximate surface area is 181 Å². The summed E-state index contributed by atoms with van der Waals surface area (Å²) in [5, 5.41) is 0.811. The smallest absolute Gasteiger partial charge is 0.257 e. The molecular weight excluding hydrogens is 396 g/mol. The van der Waals surface area contributed by atoms with E-state index in [0.717, 1.165) is 80.6 Å². The summed E-state index contributed by atoms with van der Waals surface area (Å²) in [6.07, 6.45) is 4.32. The molecular formula is C23H28N4O2S. The Hall–Kier alpha value is -2.12. The maximum atomic E-state index is 13.1. The van der Waals surface area contributed by atoms with Crippen LogP contribution in [0.3, 0.4) is 0 Å². The summed E-state index contributed by atoms with van der Waals surface area (Å²) in [7, 11) is 0. The standard InChI is InChI=1S/C23H28N4O2S/c28-21(26-12-10-25(11-13-26)15-17-6-2-1-3-7-17)14-18-16-30-23-24-20-9-5-4-8-19(20)22(29)27(18)23/h1-3,6-7,18H,4-5,8-16H2/t18-/m1/s1. The van der Waals surface area contributed by atoms with Gasteiger partial charge in [-0.3, -0.25) is 19.1 Å². The molecule has 5 rings (SSSR count). The van der Waals surface area contributed by atoms with Crippen molar-refractivity contribution in [3.05, 3.63) is 57.5 Å². The first-order chi connectivity index (χ1) is 14.7. The molecule has 2 aromatic rings. The zero-order chi connectivity index (χ0) is 20.5. The third-order valence-corrected chi connectivity index (χ3v) is 7.60. The summed E-state index contributed by atoms with van der Waals surface area (Å²) in [4.78, 5) is 35.2. The number of carbonyl (C=O) groups is 1. The number of hydrogen-bond donors (Lipinski definition) is 0. The van der Waals surface area contributed by atoms with Gasteiger partial charge in [-0.2, -0.15) is 0 Å². The van der Waals surface area contributed by atoms with Crippen LogP contribution in [0.1, 0.15) is 42.1 Å². The molecule has 3 aliphatic rings. The largest absolute Gasteiger partial charge is 0.340 e. The number of piperazine rings is 1. The van der Waals surface area contributed by atoms with Crippen molar-refractivity contribution >= 4 is 17.7 Å². The molecule has 30 heavy (non-hydrogen) atoms. The lowest BCUT2D eigenvalue weighted by atomic mass is 9.97. The van der Waals surface area contributed by atoms with Gasteiger partial charge in [0.2, 0.25) is 5.91 Å². The molecule has 2 aliphatic heterocycles. The van der Waals surface area contributed by atoms with Crippen LogP contribution in [0.2, 0.25) is 0 Å². The Morgan fingerprint density at radius 3 is 2.63 bits per heavy atom. The van der Waals surface area contributed by atoms with Crippen LogP contribution < -0.4 is 5.56 Å². The second-order valence-electron chi connectivity index (χ2n) is 8.51. The predicted octanol–water partition coefficient (Wildman–Crippen LogP) is 2.50. The van der Waals surface area contributed by atoms with Crippen LogP contribution in [0.5, 0.6) is 0 Å². The van der Waals surface area contributed by atoms with E-state index < -0.39 is 0 Å². The number of aryl methyl sites for hydroxylation is 1. The van der Waals surface area contributed by atoms with Gasteiger partial charge in [0.25, 0.3) is 5.56 Å². The van der Waals surface area contributed by atoms with E-state index >= 15 is 0 Å². The second kappa shape index (κ2) is 8.55. The quantitative estimate of drug-likeness (QED) is 0.706. The van der Waals surface area contributed by atoms with E-state index in [1.54, 1.807) is 11.8 Å². The third kappa shape index (κ3) is 3.93. The van der Waals surface area contributed by atoms with E-state index in [9.17, 15) is 9.59 Å². The van der Waals surface area contributed by atoms with Crippen LogP contribution in [0.15, 0.2) is 40.3 Å². The normalized spacial score (nSPS) is 21.3. The van der Waals surface area contributed by atoms with Gasteiger partial charge in [0.1, 0.15) is 0 Å². The van der Waals surface area contributed by atoms with Gasteiger partial charge < -0.3 is 4.90 Å². The number of nitrogens with zero attached hydrogens (tertiary/aromatic N) is 4. The first-order valence-corrected chi connectivity index (χ1v) is 12.0. The Bertz CT molecular complexity index is 983. The topological polar surface area (TPSA) is 58.4 Å². The minimum absolute atomic E-state index is 0.0629. The van der Waals surface area contributed by atoms with Crippen molar-refractivity contribution < 1.29 is 4.79 Å². The first kappa shape index (κ1) is 19.8. The van der Waals surface area contributed by atoms with E-state index in [0.29, 0.717) is 6.42 Å².